The Hall–Kier alpha value is -7.85. The van der Waals surface area contributed by atoms with E-state index in [4.69, 9.17) is 69.9 Å². The molecular weight excluding hydrogens is 1480 g/mol. The Morgan fingerprint density at radius 3 is 1.32 bits per heavy atom. The highest BCUT2D eigenvalue weighted by Crippen LogP contribution is 2.59. The minimum absolute atomic E-state index is 0.000612. The van der Waals surface area contributed by atoms with Gasteiger partial charge >= 0.3 is 0 Å². The van der Waals surface area contributed by atoms with Crippen LogP contribution in [0.4, 0.5) is 26.3 Å². The number of nitrogens with zero attached hydrogens (tertiary/aromatic N) is 6. The standard InChI is InChI=1S/C81H83Cl2F6N9O6S3/c1-8-52-21-10-12-23-61(52)77(103-6,74(100)97-80(36-19-41-91,62-24-13-11-22-53(62)9-2)106-71(94-97)59-47-56(85)30-33-68(59)88)39-38-76(102-5,73(99)96-79(35-18-40-90,54-44-50(3)43-51(4)45-54)105-70(93-96)58-46-55(84)29-32-67(58)87)49-78(104-7,63-25-14-16-27-65(63)82)75(101)98-81(37-20-42-92,64-26-15-17-28-66(64)83)107-72(95-98)60-48-57(86)31-34-69(60)89/h10-17,21-34,43-48H,8-9,18-20,35-42,49,90-92H2,1-7H3/t76?,77?,78-,79?,80?,81?/m0/s1. The summed E-state index contributed by atoms with van der Waals surface area (Å²) in [5.74, 6) is -7.97. The largest absolute Gasteiger partial charge is 0.368 e. The predicted octanol–water partition coefficient (Wildman–Crippen LogP) is 17.1. The van der Waals surface area contributed by atoms with Gasteiger partial charge in [0.1, 0.15) is 64.6 Å². The highest BCUT2D eigenvalue weighted by Gasteiger charge is 2.64. The number of amides is 3. The van der Waals surface area contributed by atoms with Gasteiger partial charge in [0.25, 0.3) is 17.7 Å². The fourth-order valence-corrected chi connectivity index (χ4v) is 19.8. The van der Waals surface area contributed by atoms with Crippen LogP contribution in [0.1, 0.15) is 138 Å². The molecule has 0 radical (unpaired) electrons. The average Bonchev–Trinajstić information content (AvgIpc) is 1.67. The van der Waals surface area contributed by atoms with Crippen LogP contribution >= 0.6 is 58.5 Å². The molecule has 0 saturated heterocycles. The van der Waals surface area contributed by atoms with Gasteiger partial charge in [-0.05, 0) is 192 Å². The SMILES string of the molecule is CCc1ccccc1C(CCC(C[C@@](OC)(C(=O)N1N=C(c2cc(F)ccc2F)SC1(CCCN)c1ccccc1Cl)c1ccccc1Cl)(OC)C(=O)N1N=C(c2cc(F)ccc2F)SC1(CCCN)c1cc(C)cc(C)c1)(OC)C(=O)N1N=C(c2cc(F)ccc2F)SC1(CCCN)c1ccccc1CC. The molecule has 3 heterocycles. The molecule has 0 spiro atoms. The van der Waals surface area contributed by atoms with E-state index in [-0.39, 0.29) is 123 Å². The summed E-state index contributed by atoms with van der Waals surface area (Å²) in [5, 5.41) is 18.4. The molecular formula is C81H83Cl2F6N9O6S3. The van der Waals surface area contributed by atoms with Crippen molar-refractivity contribution in [1.82, 2.24) is 15.0 Å². The van der Waals surface area contributed by atoms with Crippen molar-refractivity contribution in [2.45, 2.75) is 130 Å². The van der Waals surface area contributed by atoms with Gasteiger partial charge in [-0.3, -0.25) is 14.4 Å². The third-order valence-corrected chi connectivity index (χ3v) is 25.1. The highest BCUT2D eigenvalue weighted by atomic mass is 35.5. The smallest absolute Gasteiger partial charge is 0.281 e. The third-order valence-electron chi connectivity index (χ3n) is 20.1. The van der Waals surface area contributed by atoms with Crippen molar-refractivity contribution in [2.75, 3.05) is 41.0 Å². The van der Waals surface area contributed by atoms with E-state index in [1.54, 1.807) is 54.6 Å². The molecule has 0 aliphatic carbocycles. The molecule has 562 valence electrons. The maximum absolute atomic E-state index is 18.2. The molecule has 3 aliphatic rings. The number of benzene rings is 8. The number of carbonyl (C=O) groups is 3. The van der Waals surface area contributed by atoms with E-state index < -0.39 is 103 Å². The Morgan fingerprint density at radius 2 is 0.860 bits per heavy atom. The Bertz CT molecular complexity index is 4760. The van der Waals surface area contributed by atoms with Gasteiger partial charge in [0.15, 0.2) is 16.8 Å². The number of nitrogens with two attached hydrogens (primary N) is 3. The van der Waals surface area contributed by atoms with Crippen LogP contribution in [0.3, 0.4) is 0 Å². The minimum atomic E-state index is -2.67. The predicted molar refractivity (Wildman–Crippen MR) is 413 cm³/mol. The van der Waals surface area contributed by atoms with Crippen molar-refractivity contribution in [2.24, 2.45) is 32.5 Å². The number of hydrazone groups is 3. The lowest BCUT2D eigenvalue weighted by Crippen LogP contribution is -2.61. The average molecular weight is 1560 g/mol. The summed E-state index contributed by atoms with van der Waals surface area (Å²) in [6, 6.07) is 41.5. The second kappa shape index (κ2) is 33.6. The molecule has 6 atom stereocenters. The van der Waals surface area contributed by atoms with Gasteiger partial charge in [-0.15, -0.1) is 0 Å². The molecule has 5 unspecified atom stereocenters. The second-order valence-corrected chi connectivity index (χ2v) is 31.2. The molecule has 0 bridgehead atoms. The molecule has 26 heteroatoms. The summed E-state index contributed by atoms with van der Waals surface area (Å²) in [6.07, 6.45) is -0.781. The monoisotopic (exact) mass is 1560 g/mol. The van der Waals surface area contributed by atoms with Crippen LogP contribution in [0.5, 0.6) is 0 Å². The summed E-state index contributed by atoms with van der Waals surface area (Å²) >= 11 is 17.7. The minimum Gasteiger partial charge on any atom is -0.368 e. The normalized spacial score (nSPS) is 19.6. The van der Waals surface area contributed by atoms with Crippen LogP contribution in [0, 0.1) is 48.8 Å². The molecule has 6 N–H and O–H groups in total. The molecule has 15 nitrogen and oxygen atoms in total. The number of hydrogen-bond donors (Lipinski definition) is 3. The molecule has 8 aromatic carbocycles. The van der Waals surface area contributed by atoms with E-state index in [0.29, 0.717) is 23.1 Å². The molecule has 107 heavy (non-hydrogen) atoms. The number of thioether (sulfide) groups is 3. The van der Waals surface area contributed by atoms with E-state index in [2.05, 4.69) is 0 Å². The van der Waals surface area contributed by atoms with E-state index in [1.807, 2.05) is 76.2 Å². The Morgan fingerprint density at radius 1 is 0.458 bits per heavy atom. The summed E-state index contributed by atoms with van der Waals surface area (Å²) < 4.78 is 118. The zero-order valence-electron chi connectivity index (χ0n) is 60.2. The topological polar surface area (TPSA) is 204 Å². The van der Waals surface area contributed by atoms with Crippen LogP contribution in [0.2, 0.25) is 10.0 Å². The zero-order valence-corrected chi connectivity index (χ0v) is 64.1. The van der Waals surface area contributed by atoms with E-state index in [0.717, 1.165) is 117 Å². The lowest BCUT2D eigenvalue weighted by atomic mass is 9.74. The first-order valence-electron chi connectivity index (χ1n) is 35.1. The van der Waals surface area contributed by atoms with Crippen LogP contribution in [0.25, 0.3) is 0 Å². The highest BCUT2D eigenvalue weighted by molar-refractivity contribution is 8.16. The molecule has 0 fully saturated rings. The maximum Gasteiger partial charge on any atom is 0.281 e. The van der Waals surface area contributed by atoms with Crippen LogP contribution in [-0.2, 0) is 67.3 Å². The number of ether oxygens (including phenoxy) is 3. The van der Waals surface area contributed by atoms with Gasteiger partial charge in [0.05, 0.1) is 0 Å². The van der Waals surface area contributed by atoms with Gasteiger partial charge in [-0.25, -0.2) is 41.4 Å². The van der Waals surface area contributed by atoms with Crippen LogP contribution < -0.4 is 17.2 Å². The van der Waals surface area contributed by atoms with Gasteiger partial charge in [-0.2, -0.15) is 15.3 Å². The number of carbonyl (C=O) groups excluding carboxylic acids is 3. The van der Waals surface area contributed by atoms with Gasteiger partial charge in [0, 0.05) is 65.6 Å². The number of aryl methyl sites for hydroxylation is 4. The maximum atomic E-state index is 18.2. The Labute approximate surface area is 642 Å². The lowest BCUT2D eigenvalue weighted by Gasteiger charge is -2.48. The summed E-state index contributed by atoms with van der Waals surface area (Å²) in [6.45, 7) is 7.78. The van der Waals surface area contributed by atoms with E-state index in [9.17, 15) is 0 Å². The number of methoxy groups -OCH3 is 3. The van der Waals surface area contributed by atoms with Crippen LogP contribution in [0.15, 0.2) is 185 Å². The summed E-state index contributed by atoms with van der Waals surface area (Å²) in [5.41, 5.74) is 15.2. The molecule has 3 amide bonds. The quantitative estimate of drug-likeness (QED) is 0.0360. The Balaban J connectivity index is 1.24. The molecule has 8 aromatic rings. The Kier molecular flexibility index (Phi) is 25.1. The van der Waals surface area contributed by atoms with Gasteiger partial charge in [-0.1, -0.05) is 187 Å². The molecule has 0 saturated carbocycles. The fourth-order valence-electron chi connectivity index (χ4n) is 14.8. The number of hydrogen-bond acceptors (Lipinski definition) is 15. The first-order valence-corrected chi connectivity index (χ1v) is 38.3. The third kappa shape index (κ3) is 15.1. The second-order valence-electron chi connectivity index (χ2n) is 26.6. The zero-order chi connectivity index (χ0) is 76.8. The van der Waals surface area contributed by atoms with Crippen molar-refractivity contribution < 1.29 is 54.9 Å². The van der Waals surface area contributed by atoms with Crippen molar-refractivity contribution in [3.63, 3.8) is 0 Å². The van der Waals surface area contributed by atoms with Crippen molar-refractivity contribution in [1.29, 1.82) is 0 Å². The van der Waals surface area contributed by atoms with E-state index >= 15 is 40.7 Å². The van der Waals surface area contributed by atoms with Crippen molar-refractivity contribution in [3.8, 4) is 0 Å². The van der Waals surface area contributed by atoms with E-state index in [1.165, 1.54) is 38.5 Å². The lowest BCUT2D eigenvalue weighted by molar-refractivity contribution is -0.187. The first-order chi connectivity index (χ1) is 51.4. The number of rotatable bonds is 30. The first kappa shape index (κ1) is 80.2. The number of halogens is 8. The van der Waals surface area contributed by atoms with Crippen LogP contribution in [-0.4, -0.2) is 94.4 Å². The molecule has 3 aliphatic heterocycles. The van der Waals surface area contributed by atoms with Gasteiger partial charge in [0.2, 0.25) is 0 Å². The van der Waals surface area contributed by atoms with Crippen molar-refractivity contribution >= 4 is 91.3 Å². The van der Waals surface area contributed by atoms with Crippen molar-refractivity contribution in [3.05, 3.63) is 282 Å². The fraction of sp³-hybridized carbons (Fsp3) is 0.333. The molecule has 11 rings (SSSR count). The summed E-state index contributed by atoms with van der Waals surface area (Å²) in [7, 11) is 3.78. The van der Waals surface area contributed by atoms with Gasteiger partial charge < -0.3 is 31.4 Å². The molecule has 0 aromatic heterocycles. The summed E-state index contributed by atoms with van der Waals surface area (Å²) in [4.78, 5) is 48.4.